The number of aryl methyl sites for hydroxylation is 2. The summed E-state index contributed by atoms with van der Waals surface area (Å²) >= 11 is 0. The Morgan fingerprint density at radius 1 is 1.05 bits per heavy atom. The van der Waals surface area contributed by atoms with Crippen LogP contribution in [0.25, 0.3) is 0 Å². The molecule has 3 aromatic carbocycles. The van der Waals surface area contributed by atoms with Crippen LogP contribution >= 0.6 is 0 Å². The topological polar surface area (TPSA) is 113 Å². The van der Waals surface area contributed by atoms with Crippen LogP contribution in [0.15, 0.2) is 66.1 Å². The van der Waals surface area contributed by atoms with E-state index in [1.165, 1.54) is 0 Å². The maximum atomic E-state index is 12.5. The molecule has 0 saturated heterocycles. The molecule has 0 spiro atoms. The van der Waals surface area contributed by atoms with Gasteiger partial charge in [-0.3, -0.25) is 0 Å². The van der Waals surface area contributed by atoms with E-state index >= 15 is 0 Å². The molecule has 1 atom stereocenters. The first-order valence-corrected chi connectivity index (χ1v) is 12.8. The van der Waals surface area contributed by atoms with E-state index in [1.807, 2.05) is 50.2 Å². The van der Waals surface area contributed by atoms with Crippen molar-refractivity contribution < 1.29 is 28.5 Å². The predicted molar refractivity (Wildman–Crippen MR) is 146 cm³/mol. The van der Waals surface area contributed by atoms with Crippen LogP contribution in [0, 0.1) is 25.2 Å². The minimum atomic E-state index is -0.561. The van der Waals surface area contributed by atoms with Crippen molar-refractivity contribution in [1.82, 2.24) is 0 Å². The molecule has 0 amide bonds. The summed E-state index contributed by atoms with van der Waals surface area (Å²) in [7, 11) is 1.57. The zero-order chi connectivity index (χ0) is 27.9. The first-order valence-electron chi connectivity index (χ1n) is 12.8. The third-order valence-electron chi connectivity index (χ3n) is 6.44. The summed E-state index contributed by atoms with van der Waals surface area (Å²) < 4.78 is 28.4. The van der Waals surface area contributed by atoms with E-state index in [9.17, 15) is 10.1 Å². The van der Waals surface area contributed by atoms with Gasteiger partial charge in [0.25, 0.3) is 0 Å². The van der Waals surface area contributed by atoms with Crippen molar-refractivity contribution in [1.29, 1.82) is 5.26 Å². The van der Waals surface area contributed by atoms with E-state index in [2.05, 4.69) is 13.0 Å². The lowest BCUT2D eigenvalue weighted by Gasteiger charge is -2.27. The van der Waals surface area contributed by atoms with Gasteiger partial charge in [-0.25, -0.2) is 4.79 Å². The molecule has 0 radical (unpaired) electrons. The highest BCUT2D eigenvalue weighted by molar-refractivity contribution is 5.74. The van der Waals surface area contributed by atoms with Crippen LogP contribution in [0.1, 0.15) is 47.9 Å². The fraction of sp³-hybridized carbons (Fsp3) is 0.290. The molecule has 8 heteroatoms. The SMILES string of the molecule is CCCCOc1ccc(C2C(C#N)=C(N)Oc3cc(OC(=O)COc4c(C)cccc4C)ccc32)cc1OC. The maximum Gasteiger partial charge on any atom is 0.349 e. The van der Waals surface area contributed by atoms with Gasteiger partial charge in [-0.2, -0.15) is 5.26 Å². The highest BCUT2D eigenvalue weighted by Crippen LogP contribution is 2.45. The van der Waals surface area contributed by atoms with E-state index in [4.69, 9.17) is 29.4 Å². The number of carbonyl (C=O) groups is 1. The summed E-state index contributed by atoms with van der Waals surface area (Å²) in [5.41, 5.74) is 9.78. The fourth-order valence-electron chi connectivity index (χ4n) is 4.47. The largest absolute Gasteiger partial charge is 0.493 e. The number of unbranched alkanes of at least 4 members (excludes halogenated alkanes) is 1. The van der Waals surface area contributed by atoms with Crippen molar-refractivity contribution in [3.63, 3.8) is 0 Å². The van der Waals surface area contributed by atoms with Crippen LogP contribution < -0.4 is 29.4 Å². The van der Waals surface area contributed by atoms with Gasteiger partial charge in [-0.15, -0.1) is 0 Å². The fourth-order valence-corrected chi connectivity index (χ4v) is 4.47. The Bertz CT molecular complexity index is 1420. The number of benzene rings is 3. The Labute approximate surface area is 228 Å². The predicted octanol–water partition coefficient (Wildman–Crippen LogP) is 5.69. The Hall–Kier alpha value is -4.64. The number of para-hydroxylation sites is 1. The summed E-state index contributed by atoms with van der Waals surface area (Å²) in [4.78, 5) is 12.5. The molecule has 4 rings (SSSR count). The summed E-state index contributed by atoms with van der Waals surface area (Å²) in [6.07, 6.45) is 1.95. The molecule has 8 nitrogen and oxygen atoms in total. The molecule has 3 aromatic rings. The van der Waals surface area contributed by atoms with E-state index in [1.54, 1.807) is 25.3 Å². The number of esters is 1. The first-order chi connectivity index (χ1) is 18.9. The number of methoxy groups -OCH3 is 1. The van der Waals surface area contributed by atoms with Crippen molar-refractivity contribution in [2.24, 2.45) is 5.73 Å². The van der Waals surface area contributed by atoms with Gasteiger partial charge in [-0.05, 0) is 55.2 Å². The lowest BCUT2D eigenvalue weighted by molar-refractivity contribution is -0.136. The molecule has 39 heavy (non-hydrogen) atoms. The summed E-state index contributed by atoms with van der Waals surface area (Å²) in [5.74, 6) is 1.42. The zero-order valence-electron chi connectivity index (χ0n) is 22.6. The van der Waals surface area contributed by atoms with Gasteiger partial charge < -0.3 is 29.4 Å². The van der Waals surface area contributed by atoms with Crippen LogP contribution in [0.5, 0.6) is 28.7 Å². The number of ether oxygens (including phenoxy) is 5. The number of hydrogen-bond donors (Lipinski definition) is 1. The number of carbonyl (C=O) groups excluding carboxylic acids is 1. The molecule has 0 fully saturated rings. The van der Waals surface area contributed by atoms with Gasteiger partial charge in [0.15, 0.2) is 18.1 Å². The van der Waals surface area contributed by atoms with Crippen LogP contribution in [-0.4, -0.2) is 26.3 Å². The van der Waals surface area contributed by atoms with Gasteiger partial charge >= 0.3 is 5.97 Å². The second-order valence-corrected chi connectivity index (χ2v) is 9.22. The Kier molecular flexibility index (Phi) is 8.62. The Morgan fingerprint density at radius 3 is 2.51 bits per heavy atom. The van der Waals surface area contributed by atoms with Crippen molar-refractivity contribution >= 4 is 5.97 Å². The van der Waals surface area contributed by atoms with Crippen LogP contribution in [-0.2, 0) is 4.79 Å². The van der Waals surface area contributed by atoms with Crippen molar-refractivity contribution in [3.05, 3.63) is 88.3 Å². The van der Waals surface area contributed by atoms with E-state index < -0.39 is 11.9 Å². The summed E-state index contributed by atoms with van der Waals surface area (Å²) in [6, 6.07) is 18.5. The smallest absolute Gasteiger partial charge is 0.349 e. The highest BCUT2D eigenvalue weighted by atomic mass is 16.6. The average Bonchev–Trinajstić information content (AvgIpc) is 2.92. The molecular formula is C31H32N2O6. The standard InChI is InChI=1S/C31H32N2O6/c1-5-6-14-36-25-13-10-21(15-27(25)35-4)29-23-12-11-22(16-26(23)39-31(33)24(29)17-32)38-28(34)18-37-30-19(2)8-7-9-20(30)3/h7-13,15-16,29H,5-6,14,18,33H2,1-4H3. The number of nitrogens with two attached hydrogens (primary N) is 1. The van der Waals surface area contributed by atoms with Gasteiger partial charge in [0.1, 0.15) is 28.9 Å². The molecular weight excluding hydrogens is 496 g/mol. The Balaban J connectivity index is 1.56. The molecule has 0 saturated carbocycles. The molecule has 1 unspecified atom stereocenters. The minimum Gasteiger partial charge on any atom is -0.493 e. The van der Waals surface area contributed by atoms with E-state index in [0.717, 1.165) is 29.5 Å². The van der Waals surface area contributed by atoms with Crippen LogP contribution in [0.2, 0.25) is 0 Å². The number of nitriles is 1. The van der Waals surface area contributed by atoms with Gasteiger partial charge in [0.05, 0.1) is 19.6 Å². The van der Waals surface area contributed by atoms with E-state index in [0.29, 0.717) is 35.2 Å². The highest BCUT2D eigenvalue weighted by Gasteiger charge is 2.32. The molecule has 1 heterocycles. The van der Waals surface area contributed by atoms with Crippen LogP contribution in [0.3, 0.4) is 0 Å². The molecule has 0 bridgehead atoms. The third kappa shape index (κ3) is 6.10. The second-order valence-electron chi connectivity index (χ2n) is 9.22. The number of nitrogens with zero attached hydrogens (tertiary/aromatic N) is 1. The summed E-state index contributed by atoms with van der Waals surface area (Å²) in [6.45, 7) is 6.26. The van der Waals surface area contributed by atoms with Crippen molar-refractivity contribution in [2.45, 2.75) is 39.5 Å². The lowest BCUT2D eigenvalue weighted by atomic mass is 9.83. The molecule has 1 aliphatic rings. The van der Waals surface area contributed by atoms with Gasteiger partial charge in [0.2, 0.25) is 5.88 Å². The quantitative estimate of drug-likeness (QED) is 0.203. The second kappa shape index (κ2) is 12.3. The molecule has 2 N–H and O–H groups in total. The van der Waals surface area contributed by atoms with Crippen molar-refractivity contribution in [2.75, 3.05) is 20.3 Å². The molecule has 0 aliphatic carbocycles. The Morgan fingerprint density at radius 2 is 1.82 bits per heavy atom. The summed E-state index contributed by atoms with van der Waals surface area (Å²) in [5, 5.41) is 9.90. The number of allylic oxidation sites excluding steroid dienone is 1. The normalized spacial score (nSPS) is 14.1. The first kappa shape index (κ1) is 27.4. The van der Waals surface area contributed by atoms with Crippen molar-refractivity contribution in [3.8, 4) is 34.8 Å². The average molecular weight is 529 g/mol. The molecule has 1 aliphatic heterocycles. The van der Waals surface area contributed by atoms with Crippen LogP contribution in [0.4, 0.5) is 0 Å². The molecule has 0 aromatic heterocycles. The maximum absolute atomic E-state index is 12.5. The van der Waals surface area contributed by atoms with Gasteiger partial charge in [0, 0.05) is 11.6 Å². The van der Waals surface area contributed by atoms with E-state index in [-0.39, 0.29) is 23.8 Å². The number of rotatable bonds is 10. The third-order valence-corrected chi connectivity index (χ3v) is 6.44. The minimum absolute atomic E-state index is 0.0147. The number of fused-ring (bicyclic) bond motifs is 1. The number of hydrogen-bond acceptors (Lipinski definition) is 8. The monoisotopic (exact) mass is 528 g/mol. The van der Waals surface area contributed by atoms with Gasteiger partial charge in [-0.1, -0.05) is 43.7 Å². The lowest BCUT2D eigenvalue weighted by Crippen LogP contribution is -2.22. The molecule has 202 valence electrons. The zero-order valence-corrected chi connectivity index (χ0v) is 22.6.